The van der Waals surface area contributed by atoms with Crippen molar-refractivity contribution >= 4 is 23.3 Å². The number of halogens is 1. The summed E-state index contributed by atoms with van der Waals surface area (Å²) in [6, 6.07) is 12.8. The molecule has 6 heteroatoms. The third-order valence-corrected chi connectivity index (χ3v) is 4.60. The van der Waals surface area contributed by atoms with Crippen LogP contribution in [0.25, 0.3) is 0 Å². The van der Waals surface area contributed by atoms with Crippen molar-refractivity contribution in [2.24, 2.45) is 0 Å². The summed E-state index contributed by atoms with van der Waals surface area (Å²) in [5.41, 5.74) is -0.641. The first-order valence-corrected chi connectivity index (χ1v) is 8.13. The van der Waals surface area contributed by atoms with Crippen LogP contribution in [-0.4, -0.2) is 24.0 Å². The number of nitrogens with zero attached hydrogens (tertiary/aromatic N) is 1. The lowest BCUT2D eigenvalue weighted by Crippen LogP contribution is -2.40. The lowest BCUT2D eigenvalue weighted by molar-refractivity contribution is -0.124. The number of ketones is 1. The number of hydrogen-bond acceptors (Lipinski definition) is 4. The van der Waals surface area contributed by atoms with E-state index in [0.29, 0.717) is 11.1 Å². The molecule has 0 aromatic heterocycles. The van der Waals surface area contributed by atoms with Gasteiger partial charge in [0.15, 0.2) is 5.78 Å². The molecule has 0 bridgehead atoms. The maximum atomic E-state index is 14.8. The van der Waals surface area contributed by atoms with Crippen LogP contribution in [0.2, 0.25) is 0 Å². The fourth-order valence-corrected chi connectivity index (χ4v) is 3.22. The fourth-order valence-electron chi connectivity index (χ4n) is 3.22. The molecule has 0 fully saturated rings. The minimum atomic E-state index is -1.87. The molecule has 0 unspecified atom stereocenters. The number of Topliss-reactive ketones (excluding diaryl/α,β-unsaturated/α-hetero) is 1. The van der Waals surface area contributed by atoms with Crippen LogP contribution in [0.3, 0.4) is 0 Å². The highest BCUT2D eigenvalue weighted by Gasteiger charge is 2.52. The molecule has 0 saturated heterocycles. The van der Waals surface area contributed by atoms with Gasteiger partial charge in [-0.15, -0.1) is 0 Å². The summed E-state index contributed by atoms with van der Waals surface area (Å²) in [5, 5.41) is 0. The van der Waals surface area contributed by atoms with E-state index in [9.17, 15) is 18.8 Å². The predicted molar refractivity (Wildman–Crippen MR) is 93.9 cm³/mol. The summed E-state index contributed by atoms with van der Waals surface area (Å²) < 4.78 is 20.0. The molecular weight excluding hydrogens is 337 g/mol. The maximum absolute atomic E-state index is 14.8. The zero-order valence-electron chi connectivity index (χ0n) is 14.7. The second-order valence-corrected chi connectivity index (χ2v) is 6.39. The van der Waals surface area contributed by atoms with Crippen molar-refractivity contribution in [3.05, 3.63) is 59.7 Å². The molecule has 134 valence electrons. The summed E-state index contributed by atoms with van der Waals surface area (Å²) >= 11 is 0. The smallest absolute Gasteiger partial charge is 0.255 e. The highest BCUT2D eigenvalue weighted by atomic mass is 19.1. The largest absolute Gasteiger partial charge is 0.459 e. The summed E-state index contributed by atoms with van der Waals surface area (Å²) in [6.45, 7) is 3.99. The van der Waals surface area contributed by atoms with Crippen LogP contribution in [0, 0.1) is 0 Å². The van der Waals surface area contributed by atoms with Gasteiger partial charge < -0.3 is 4.74 Å². The molecule has 0 aliphatic carbocycles. The molecule has 1 aliphatic rings. The molecular formula is C20H18FNO4. The molecule has 26 heavy (non-hydrogen) atoms. The van der Waals surface area contributed by atoms with Gasteiger partial charge in [0.25, 0.3) is 6.36 Å². The summed E-state index contributed by atoms with van der Waals surface area (Å²) in [6.07, 6.45) is -1.87. The molecule has 5 nitrogen and oxygen atoms in total. The second kappa shape index (κ2) is 6.37. The first kappa shape index (κ1) is 17.8. The van der Waals surface area contributed by atoms with E-state index in [0.717, 1.165) is 4.90 Å². The van der Waals surface area contributed by atoms with Crippen molar-refractivity contribution in [3.63, 3.8) is 0 Å². The van der Waals surface area contributed by atoms with Gasteiger partial charge in [-0.2, -0.15) is 0 Å². The van der Waals surface area contributed by atoms with E-state index in [-0.39, 0.29) is 11.4 Å². The number of alkyl halides is 1. The number of amides is 2. The Balaban J connectivity index is 2.12. The van der Waals surface area contributed by atoms with Crippen LogP contribution >= 0.6 is 0 Å². The van der Waals surface area contributed by atoms with Gasteiger partial charge >= 0.3 is 0 Å². The first-order valence-electron chi connectivity index (χ1n) is 8.13. The summed E-state index contributed by atoms with van der Waals surface area (Å²) in [7, 11) is 0. The Labute approximate surface area is 150 Å². The van der Waals surface area contributed by atoms with E-state index >= 15 is 0 Å². The lowest BCUT2D eigenvalue weighted by atomic mass is 9.77. The van der Waals surface area contributed by atoms with Crippen LogP contribution in [0.4, 0.5) is 10.1 Å². The number of ether oxygens (including phenoxy) is 1. The Kier molecular flexibility index (Phi) is 4.36. The van der Waals surface area contributed by atoms with Gasteiger partial charge in [0, 0.05) is 25.0 Å². The third kappa shape index (κ3) is 2.67. The molecule has 2 aromatic carbocycles. The summed E-state index contributed by atoms with van der Waals surface area (Å²) in [4.78, 5) is 37.6. The normalized spacial score (nSPS) is 20.8. The number of carbonyl (C=O) groups excluding carboxylic acids is 3. The lowest BCUT2D eigenvalue weighted by Gasteiger charge is -2.25. The molecule has 3 rings (SSSR count). The van der Waals surface area contributed by atoms with Crippen LogP contribution in [0.1, 0.15) is 36.7 Å². The molecule has 1 heterocycles. The monoisotopic (exact) mass is 355 g/mol. The van der Waals surface area contributed by atoms with E-state index in [4.69, 9.17) is 4.74 Å². The van der Waals surface area contributed by atoms with E-state index in [2.05, 4.69) is 0 Å². The zero-order chi connectivity index (χ0) is 19.1. The van der Waals surface area contributed by atoms with Crippen LogP contribution in [0.15, 0.2) is 48.5 Å². The van der Waals surface area contributed by atoms with Crippen molar-refractivity contribution in [3.8, 4) is 5.75 Å². The number of hydrogen-bond donors (Lipinski definition) is 0. The van der Waals surface area contributed by atoms with Gasteiger partial charge in [-0.05, 0) is 25.1 Å². The van der Waals surface area contributed by atoms with E-state index < -0.39 is 29.4 Å². The number of fused-ring (bicyclic) bond motifs is 1. The Bertz CT molecular complexity index is 882. The van der Waals surface area contributed by atoms with Gasteiger partial charge in [0.2, 0.25) is 11.8 Å². The minimum Gasteiger partial charge on any atom is -0.459 e. The number of benzene rings is 2. The van der Waals surface area contributed by atoms with Crippen LogP contribution in [0.5, 0.6) is 5.75 Å². The van der Waals surface area contributed by atoms with Crippen molar-refractivity contribution < 1.29 is 23.5 Å². The van der Waals surface area contributed by atoms with Gasteiger partial charge in [-0.3, -0.25) is 19.3 Å². The van der Waals surface area contributed by atoms with E-state index in [1.54, 1.807) is 30.3 Å². The minimum absolute atomic E-state index is 0.222. The molecule has 0 saturated carbocycles. The molecule has 0 radical (unpaired) electrons. The zero-order valence-corrected chi connectivity index (χ0v) is 14.7. The standard InChI is InChI=1S/C20H18FNO4/c1-12(23)22(13(2)24)15-9-10-17-16(11-15)20(3,19(21)26-17)18(25)14-7-5-4-6-8-14/h4-11,19H,1-3H3/t19-,20+/m1/s1. The molecule has 0 spiro atoms. The van der Waals surface area contributed by atoms with E-state index in [1.165, 1.54) is 39.0 Å². The van der Waals surface area contributed by atoms with Crippen molar-refractivity contribution in [2.45, 2.75) is 32.5 Å². The molecule has 1 aliphatic heterocycles. The maximum Gasteiger partial charge on any atom is 0.255 e. The number of imide groups is 1. The van der Waals surface area contributed by atoms with Crippen molar-refractivity contribution in [2.75, 3.05) is 4.90 Å². The highest BCUT2D eigenvalue weighted by Crippen LogP contribution is 2.47. The Morgan fingerprint density at radius 2 is 1.65 bits per heavy atom. The quantitative estimate of drug-likeness (QED) is 0.792. The van der Waals surface area contributed by atoms with Crippen molar-refractivity contribution in [1.29, 1.82) is 0 Å². The average Bonchev–Trinajstić information content (AvgIpc) is 2.86. The molecule has 2 amide bonds. The van der Waals surface area contributed by atoms with Gasteiger partial charge in [-0.25, -0.2) is 4.39 Å². The van der Waals surface area contributed by atoms with Gasteiger partial charge in [0.1, 0.15) is 11.2 Å². The van der Waals surface area contributed by atoms with Gasteiger partial charge in [0.05, 0.1) is 5.69 Å². The number of anilines is 1. The second-order valence-electron chi connectivity index (χ2n) is 6.39. The van der Waals surface area contributed by atoms with Gasteiger partial charge in [-0.1, -0.05) is 30.3 Å². The van der Waals surface area contributed by atoms with Crippen LogP contribution < -0.4 is 9.64 Å². The third-order valence-electron chi connectivity index (χ3n) is 4.60. The van der Waals surface area contributed by atoms with E-state index in [1.807, 2.05) is 0 Å². The SMILES string of the molecule is CC(=O)N(C(C)=O)c1ccc2c(c1)[C@@](C)(C(=O)c1ccccc1)[C@H](F)O2. The Morgan fingerprint density at radius 3 is 2.23 bits per heavy atom. The molecule has 0 N–H and O–H groups in total. The van der Waals surface area contributed by atoms with Crippen LogP contribution in [-0.2, 0) is 15.0 Å². The number of carbonyl (C=O) groups is 3. The molecule has 2 aromatic rings. The Hall–Kier alpha value is -3.02. The predicted octanol–water partition coefficient (Wildman–Crippen LogP) is 3.41. The fraction of sp³-hybridized carbons (Fsp3) is 0.250. The highest BCUT2D eigenvalue weighted by molar-refractivity contribution is 6.13. The Morgan fingerprint density at radius 1 is 1.04 bits per heavy atom. The average molecular weight is 355 g/mol. The summed E-state index contributed by atoms with van der Waals surface area (Å²) in [5.74, 6) is -1.15. The van der Waals surface area contributed by atoms with Crippen molar-refractivity contribution in [1.82, 2.24) is 0 Å². The number of rotatable bonds is 3. The molecule has 2 atom stereocenters. The first-order chi connectivity index (χ1) is 12.3. The topological polar surface area (TPSA) is 63.7 Å².